The number of rotatable bonds is 20. The van der Waals surface area contributed by atoms with Gasteiger partial charge in [0.15, 0.2) is 11.5 Å². The summed E-state index contributed by atoms with van der Waals surface area (Å²) in [5.41, 5.74) is 20.5. The maximum Gasteiger partial charge on any atom is 0.311 e. The second kappa shape index (κ2) is 26.6. The van der Waals surface area contributed by atoms with Crippen molar-refractivity contribution in [3.8, 4) is 22.6 Å². The van der Waals surface area contributed by atoms with Crippen LogP contribution in [0.25, 0.3) is 22.9 Å². The Hall–Kier alpha value is -8.74. The van der Waals surface area contributed by atoms with Crippen molar-refractivity contribution in [1.29, 1.82) is 5.41 Å². The van der Waals surface area contributed by atoms with E-state index in [9.17, 15) is 19.5 Å². The van der Waals surface area contributed by atoms with Gasteiger partial charge in [-0.1, -0.05) is 152 Å². The Kier molecular flexibility index (Phi) is 19.1. The molecule has 1 heterocycles. The number of amidine groups is 1. The number of esters is 1. The quantitative estimate of drug-likeness (QED) is 0.0245. The van der Waals surface area contributed by atoms with Crippen molar-refractivity contribution in [2.75, 3.05) is 26.9 Å². The van der Waals surface area contributed by atoms with Gasteiger partial charge in [0.25, 0.3) is 11.8 Å². The summed E-state index contributed by atoms with van der Waals surface area (Å²) in [7, 11) is 1.33. The summed E-state index contributed by atoms with van der Waals surface area (Å²) >= 11 is 0. The summed E-state index contributed by atoms with van der Waals surface area (Å²) in [6.45, 7) is 4.86. The predicted molar refractivity (Wildman–Crippen MR) is 293 cm³/mol. The molecule has 74 heavy (non-hydrogen) atoms. The maximum absolute atomic E-state index is 13.5. The summed E-state index contributed by atoms with van der Waals surface area (Å²) < 4.78 is 16.4. The first kappa shape index (κ1) is 53.1. The molecule has 7 aromatic rings. The molecule has 1 aliphatic heterocycles. The number of methoxy groups -OCH3 is 1. The molecule has 8 rings (SSSR count). The van der Waals surface area contributed by atoms with Crippen LogP contribution in [0.3, 0.4) is 0 Å². The lowest BCUT2D eigenvalue weighted by atomic mass is 9.88. The minimum absolute atomic E-state index is 0.0515. The van der Waals surface area contributed by atoms with Crippen LogP contribution in [0.4, 0.5) is 0 Å². The minimum Gasteiger partial charge on any atom is -0.486 e. The van der Waals surface area contributed by atoms with E-state index in [-0.39, 0.29) is 36.2 Å². The summed E-state index contributed by atoms with van der Waals surface area (Å²) in [4.78, 5) is 39.2. The molecule has 12 heteroatoms. The Morgan fingerprint density at radius 1 is 0.649 bits per heavy atom. The molecule has 0 saturated heterocycles. The van der Waals surface area contributed by atoms with E-state index in [0.717, 1.165) is 51.3 Å². The third-order valence-electron chi connectivity index (χ3n) is 12.8. The molecule has 0 spiro atoms. The molecule has 0 bridgehead atoms. The molecule has 0 fully saturated rings. The summed E-state index contributed by atoms with van der Waals surface area (Å²) in [6, 6.07) is 56.2. The third kappa shape index (κ3) is 15.1. The molecule has 1 aliphatic rings. The number of ether oxygens (including phenoxy) is 3. The van der Waals surface area contributed by atoms with Gasteiger partial charge in [0.2, 0.25) is 0 Å². The highest BCUT2D eigenvalue weighted by atomic mass is 16.6. The smallest absolute Gasteiger partial charge is 0.311 e. The van der Waals surface area contributed by atoms with E-state index < -0.39 is 17.9 Å². The predicted octanol–water partition coefficient (Wildman–Crippen LogP) is 9.45. The van der Waals surface area contributed by atoms with Gasteiger partial charge in [0.1, 0.15) is 19.0 Å². The van der Waals surface area contributed by atoms with Gasteiger partial charge in [0, 0.05) is 41.0 Å². The lowest BCUT2D eigenvalue weighted by Gasteiger charge is -2.27. The molecule has 2 amide bonds. The molecular formula is C62H63N5O7. The van der Waals surface area contributed by atoms with Gasteiger partial charge in [-0.15, -0.1) is 0 Å². The van der Waals surface area contributed by atoms with Crippen LogP contribution >= 0.6 is 0 Å². The number of aliphatic hydroxyl groups is 1. The molecule has 0 saturated carbocycles. The highest BCUT2D eigenvalue weighted by Gasteiger charge is 2.30. The summed E-state index contributed by atoms with van der Waals surface area (Å²) in [6.07, 6.45) is 6.06. The second-order valence-electron chi connectivity index (χ2n) is 18.0. The van der Waals surface area contributed by atoms with Crippen LogP contribution < -0.4 is 31.6 Å². The molecule has 12 nitrogen and oxygen atoms in total. The molecule has 7 aromatic carbocycles. The van der Waals surface area contributed by atoms with Gasteiger partial charge in [-0.05, 0) is 113 Å². The standard InChI is InChI=1S/C35H36N2O4.C27H27N3O3/c1-24(36)29-9-5-8-26(20-29)21-31(23-38)32(16-10-25-6-3-2-4-7-25)37-35(39)28-13-11-27(12-14-28)30-15-17-33-34(22-30)41-19-18-40-33;1-33-27(32)23(18-20-11-8-14-22(17-20)25(28)29)24(16-15-19-9-4-2-5-10-19)30-26(31)21-12-6-3-7-13-21/h2-9,11-15,17,20,22,31-32,38H,1,10,16,18-19,21,23,36H2,(H,37,39);2-17,23-24H,18H2,1H3,(H3,28,29)(H,30,31)/b;16-15+. The number of aliphatic hydroxyl groups excluding tert-OH is 1. The molecule has 0 aromatic heterocycles. The van der Waals surface area contributed by atoms with E-state index in [1.807, 2.05) is 140 Å². The van der Waals surface area contributed by atoms with Crippen molar-refractivity contribution < 1.29 is 33.7 Å². The van der Waals surface area contributed by atoms with Crippen LogP contribution in [-0.2, 0) is 28.8 Å². The van der Waals surface area contributed by atoms with Crippen LogP contribution in [0.2, 0.25) is 0 Å². The number of benzene rings is 7. The van der Waals surface area contributed by atoms with E-state index >= 15 is 0 Å². The van der Waals surface area contributed by atoms with Crippen molar-refractivity contribution in [1.82, 2.24) is 10.6 Å². The SMILES string of the molecule is C=C(N)c1cccc(CC(CO)C(CCc2ccccc2)NC(=O)c2ccc(-c3ccc4c(c3)OCCO4)cc2)c1.COC(=O)C(Cc1cccc(C(=N)N)c1)C(/C=C/c1ccccc1)NC(=O)c1ccccc1. The van der Waals surface area contributed by atoms with Crippen LogP contribution in [0.5, 0.6) is 11.5 Å². The molecule has 4 atom stereocenters. The maximum atomic E-state index is 13.5. The van der Waals surface area contributed by atoms with Gasteiger partial charge in [-0.25, -0.2) is 0 Å². The van der Waals surface area contributed by atoms with Crippen molar-refractivity contribution >= 4 is 35.4 Å². The first-order valence-corrected chi connectivity index (χ1v) is 24.6. The monoisotopic (exact) mass is 989 g/mol. The first-order valence-electron chi connectivity index (χ1n) is 24.6. The molecule has 0 aliphatic carbocycles. The number of carbonyl (C=O) groups excluding carboxylic acids is 3. The number of hydrogen-bond acceptors (Lipinski definition) is 9. The van der Waals surface area contributed by atoms with Crippen LogP contribution in [0, 0.1) is 17.2 Å². The number of nitrogens with one attached hydrogen (secondary N) is 3. The van der Waals surface area contributed by atoms with Gasteiger partial charge in [-0.3, -0.25) is 19.8 Å². The van der Waals surface area contributed by atoms with Crippen LogP contribution in [-0.4, -0.2) is 67.7 Å². The Bertz CT molecular complexity index is 3020. The largest absolute Gasteiger partial charge is 0.486 e. The molecular weight excluding hydrogens is 927 g/mol. The first-order chi connectivity index (χ1) is 36.0. The third-order valence-corrected chi connectivity index (χ3v) is 12.8. The Morgan fingerprint density at radius 3 is 1.85 bits per heavy atom. The van der Waals surface area contributed by atoms with Gasteiger partial charge < -0.3 is 41.4 Å². The zero-order valence-corrected chi connectivity index (χ0v) is 41.5. The number of carbonyl (C=O) groups is 3. The molecule has 8 N–H and O–H groups in total. The average Bonchev–Trinajstić information content (AvgIpc) is 3.44. The average molecular weight is 990 g/mol. The van der Waals surface area contributed by atoms with Crippen molar-refractivity contribution in [2.45, 2.75) is 37.8 Å². The van der Waals surface area contributed by atoms with Crippen LogP contribution in [0.15, 0.2) is 195 Å². The Morgan fingerprint density at radius 2 is 1.20 bits per heavy atom. The van der Waals surface area contributed by atoms with Crippen molar-refractivity contribution in [3.05, 3.63) is 239 Å². The number of amides is 2. The Labute approximate surface area is 433 Å². The summed E-state index contributed by atoms with van der Waals surface area (Å²) in [5, 5.41) is 24.4. The minimum atomic E-state index is -0.690. The van der Waals surface area contributed by atoms with E-state index in [2.05, 4.69) is 29.3 Å². The highest BCUT2D eigenvalue weighted by molar-refractivity contribution is 5.96. The van der Waals surface area contributed by atoms with E-state index in [1.165, 1.54) is 12.7 Å². The molecule has 4 unspecified atom stereocenters. The van der Waals surface area contributed by atoms with Crippen molar-refractivity contribution in [3.63, 3.8) is 0 Å². The lowest BCUT2D eigenvalue weighted by molar-refractivity contribution is -0.145. The number of nitrogen functional groups attached to an aromatic ring is 1. The fourth-order valence-corrected chi connectivity index (χ4v) is 8.73. The van der Waals surface area contributed by atoms with Gasteiger partial charge in [0.05, 0.1) is 19.1 Å². The zero-order valence-electron chi connectivity index (χ0n) is 41.5. The number of nitrogens with two attached hydrogens (primary N) is 2. The molecule has 0 radical (unpaired) electrons. The van der Waals surface area contributed by atoms with E-state index in [4.69, 9.17) is 31.1 Å². The normalized spacial score (nSPS) is 13.2. The zero-order chi connectivity index (χ0) is 52.2. The Balaban J connectivity index is 0.000000222. The fourth-order valence-electron chi connectivity index (χ4n) is 8.73. The van der Waals surface area contributed by atoms with Gasteiger partial charge >= 0.3 is 5.97 Å². The highest BCUT2D eigenvalue weighted by Crippen LogP contribution is 2.35. The number of hydrogen-bond donors (Lipinski definition) is 6. The van der Waals surface area contributed by atoms with Gasteiger partial charge in [-0.2, -0.15) is 0 Å². The summed E-state index contributed by atoms with van der Waals surface area (Å²) in [5.74, 6) is -0.345. The molecule has 378 valence electrons. The second-order valence-corrected chi connectivity index (χ2v) is 18.0. The number of aryl methyl sites for hydroxylation is 1. The van der Waals surface area contributed by atoms with E-state index in [1.54, 1.807) is 42.5 Å². The lowest BCUT2D eigenvalue weighted by Crippen LogP contribution is -2.43. The van der Waals surface area contributed by atoms with E-state index in [0.29, 0.717) is 54.9 Å². The topological polar surface area (TPSA) is 199 Å². The van der Waals surface area contributed by atoms with Crippen molar-refractivity contribution in [2.24, 2.45) is 23.3 Å². The van der Waals surface area contributed by atoms with Crippen LogP contribution in [0.1, 0.15) is 60.5 Å². The fraction of sp³-hybridized carbons (Fsp3) is 0.194. The number of fused-ring (bicyclic) bond motifs is 1.